The van der Waals surface area contributed by atoms with E-state index in [1.165, 1.54) is 19.2 Å². The summed E-state index contributed by atoms with van der Waals surface area (Å²) in [6.45, 7) is 0.659. The fourth-order valence-corrected chi connectivity index (χ4v) is 1.64. The lowest BCUT2D eigenvalue weighted by atomic mass is 10.2. The van der Waals surface area contributed by atoms with E-state index < -0.39 is 6.10 Å². The summed E-state index contributed by atoms with van der Waals surface area (Å²) in [5, 5.41) is 12.1. The van der Waals surface area contributed by atoms with Crippen molar-refractivity contribution in [3.05, 3.63) is 41.7 Å². The summed E-state index contributed by atoms with van der Waals surface area (Å²) in [5.74, 6) is -0.439. The molecule has 2 N–H and O–H groups in total. The van der Waals surface area contributed by atoms with Gasteiger partial charge in [0.2, 0.25) is 5.91 Å². The normalized spacial score (nSPS) is 12.6. The van der Waals surface area contributed by atoms with Crippen LogP contribution in [0.1, 0.15) is 18.4 Å². The summed E-state index contributed by atoms with van der Waals surface area (Å²) in [4.78, 5) is 11.5. The molecule has 0 radical (unpaired) electrons. The standard InChI is InChI=1S/C15H20FNO3/c1-20-11-14(18)8-9-17-15(19)7-3-5-12-4-2-6-13(16)10-12/h2-6,10,14,18H,7-9,11H2,1H3,(H,17,19)/b5-3+. The van der Waals surface area contributed by atoms with Gasteiger partial charge in [-0.15, -0.1) is 0 Å². The Morgan fingerprint density at radius 1 is 1.55 bits per heavy atom. The number of ether oxygens (including phenoxy) is 1. The molecule has 0 aliphatic carbocycles. The van der Waals surface area contributed by atoms with E-state index in [2.05, 4.69) is 5.32 Å². The van der Waals surface area contributed by atoms with E-state index in [0.29, 0.717) is 18.5 Å². The van der Waals surface area contributed by atoms with Crippen molar-refractivity contribution in [1.82, 2.24) is 5.32 Å². The number of benzene rings is 1. The van der Waals surface area contributed by atoms with Crippen molar-refractivity contribution in [2.75, 3.05) is 20.3 Å². The number of carbonyl (C=O) groups is 1. The van der Waals surface area contributed by atoms with Crippen molar-refractivity contribution < 1.29 is 19.0 Å². The van der Waals surface area contributed by atoms with Crippen LogP contribution >= 0.6 is 0 Å². The van der Waals surface area contributed by atoms with Crippen molar-refractivity contribution in [1.29, 1.82) is 0 Å². The molecule has 5 heteroatoms. The van der Waals surface area contributed by atoms with Gasteiger partial charge in [-0.05, 0) is 24.1 Å². The van der Waals surface area contributed by atoms with E-state index in [4.69, 9.17) is 4.74 Å². The lowest BCUT2D eigenvalue weighted by Crippen LogP contribution is -2.27. The highest BCUT2D eigenvalue weighted by atomic mass is 19.1. The first-order chi connectivity index (χ1) is 9.61. The third-order valence-corrected chi connectivity index (χ3v) is 2.62. The predicted octanol–water partition coefficient (Wildman–Crippen LogP) is 1.74. The second-order valence-electron chi connectivity index (χ2n) is 4.41. The quantitative estimate of drug-likeness (QED) is 0.763. The fourth-order valence-electron chi connectivity index (χ4n) is 1.64. The van der Waals surface area contributed by atoms with Gasteiger partial charge in [0.05, 0.1) is 12.7 Å². The molecule has 0 bridgehead atoms. The Morgan fingerprint density at radius 3 is 3.05 bits per heavy atom. The minimum absolute atomic E-state index is 0.137. The van der Waals surface area contributed by atoms with Crippen LogP contribution in [0.15, 0.2) is 30.3 Å². The van der Waals surface area contributed by atoms with Gasteiger partial charge in [0, 0.05) is 20.1 Å². The number of methoxy groups -OCH3 is 1. The molecule has 4 nitrogen and oxygen atoms in total. The zero-order valence-electron chi connectivity index (χ0n) is 11.5. The Hall–Kier alpha value is -1.72. The fraction of sp³-hybridized carbons (Fsp3) is 0.400. The van der Waals surface area contributed by atoms with E-state index >= 15 is 0 Å². The van der Waals surface area contributed by atoms with E-state index in [1.807, 2.05) is 0 Å². The zero-order valence-corrected chi connectivity index (χ0v) is 11.5. The van der Waals surface area contributed by atoms with Crippen LogP contribution in [0.3, 0.4) is 0 Å². The lowest BCUT2D eigenvalue weighted by molar-refractivity contribution is -0.120. The second kappa shape index (κ2) is 9.23. The van der Waals surface area contributed by atoms with Crippen molar-refractivity contribution in [2.24, 2.45) is 0 Å². The predicted molar refractivity (Wildman–Crippen MR) is 75.6 cm³/mol. The number of amides is 1. The third kappa shape index (κ3) is 7.01. The van der Waals surface area contributed by atoms with Crippen molar-refractivity contribution in [2.45, 2.75) is 18.9 Å². The highest BCUT2D eigenvalue weighted by Gasteiger charge is 2.04. The van der Waals surface area contributed by atoms with E-state index in [9.17, 15) is 14.3 Å². The molecule has 0 spiro atoms. The molecule has 0 aliphatic rings. The Kier molecular flexibility index (Phi) is 7.54. The van der Waals surface area contributed by atoms with Crippen LogP contribution in [0.25, 0.3) is 6.08 Å². The maximum Gasteiger partial charge on any atom is 0.223 e. The first-order valence-electron chi connectivity index (χ1n) is 6.47. The molecule has 1 rings (SSSR count). The molecule has 1 unspecified atom stereocenters. The van der Waals surface area contributed by atoms with Crippen LogP contribution in [0.5, 0.6) is 0 Å². The summed E-state index contributed by atoms with van der Waals surface area (Å²) in [6, 6.07) is 6.15. The Balaban J connectivity index is 2.23. The number of aliphatic hydroxyl groups excluding tert-OH is 1. The second-order valence-corrected chi connectivity index (χ2v) is 4.41. The number of hydrogen-bond acceptors (Lipinski definition) is 3. The molecule has 0 aliphatic heterocycles. The summed E-state index contributed by atoms with van der Waals surface area (Å²) in [7, 11) is 1.51. The van der Waals surface area contributed by atoms with Crippen molar-refractivity contribution >= 4 is 12.0 Å². The van der Waals surface area contributed by atoms with E-state index in [1.54, 1.807) is 24.3 Å². The molecule has 20 heavy (non-hydrogen) atoms. The molecule has 1 atom stereocenters. The van der Waals surface area contributed by atoms with Gasteiger partial charge in [-0.1, -0.05) is 24.3 Å². The monoisotopic (exact) mass is 281 g/mol. The Morgan fingerprint density at radius 2 is 2.35 bits per heavy atom. The minimum Gasteiger partial charge on any atom is -0.391 e. The van der Waals surface area contributed by atoms with E-state index in [0.717, 1.165) is 0 Å². The molecule has 1 amide bonds. The van der Waals surface area contributed by atoms with Gasteiger partial charge in [0.15, 0.2) is 0 Å². The largest absolute Gasteiger partial charge is 0.391 e. The van der Waals surface area contributed by atoms with Crippen LogP contribution in [0.4, 0.5) is 4.39 Å². The molecule has 1 aromatic carbocycles. The number of aliphatic hydroxyl groups is 1. The Labute approximate surface area is 118 Å². The van der Waals surface area contributed by atoms with E-state index in [-0.39, 0.29) is 24.8 Å². The molecular formula is C15H20FNO3. The first kappa shape index (κ1) is 16.3. The SMILES string of the molecule is COCC(O)CCNC(=O)C/C=C/c1cccc(F)c1. The first-order valence-corrected chi connectivity index (χ1v) is 6.47. The smallest absolute Gasteiger partial charge is 0.223 e. The van der Waals surface area contributed by atoms with Crippen LogP contribution in [-0.2, 0) is 9.53 Å². The number of carbonyl (C=O) groups excluding carboxylic acids is 1. The van der Waals surface area contributed by atoms with Crippen LogP contribution in [-0.4, -0.2) is 37.4 Å². The topological polar surface area (TPSA) is 58.6 Å². The number of nitrogens with one attached hydrogen (secondary N) is 1. The highest BCUT2D eigenvalue weighted by molar-refractivity contribution is 5.78. The molecule has 0 saturated carbocycles. The zero-order chi connectivity index (χ0) is 14.8. The maximum absolute atomic E-state index is 12.9. The summed E-state index contributed by atoms with van der Waals surface area (Å²) >= 11 is 0. The van der Waals surface area contributed by atoms with Crippen LogP contribution in [0.2, 0.25) is 0 Å². The van der Waals surface area contributed by atoms with Gasteiger partial charge in [-0.25, -0.2) is 4.39 Å². The number of hydrogen-bond donors (Lipinski definition) is 2. The Bertz CT molecular complexity index is 448. The van der Waals surface area contributed by atoms with Crippen LogP contribution in [0, 0.1) is 5.82 Å². The highest BCUT2D eigenvalue weighted by Crippen LogP contribution is 2.05. The number of rotatable bonds is 8. The average molecular weight is 281 g/mol. The van der Waals surface area contributed by atoms with Gasteiger partial charge in [0.1, 0.15) is 5.82 Å². The van der Waals surface area contributed by atoms with Gasteiger partial charge in [0.25, 0.3) is 0 Å². The van der Waals surface area contributed by atoms with Crippen molar-refractivity contribution in [3.63, 3.8) is 0 Å². The van der Waals surface area contributed by atoms with Gasteiger partial charge in [-0.3, -0.25) is 4.79 Å². The molecule has 0 heterocycles. The third-order valence-electron chi connectivity index (χ3n) is 2.62. The lowest BCUT2D eigenvalue weighted by Gasteiger charge is -2.09. The summed E-state index contributed by atoms with van der Waals surface area (Å²) < 4.78 is 17.7. The minimum atomic E-state index is -0.567. The molecule has 0 aromatic heterocycles. The molecule has 1 aromatic rings. The van der Waals surface area contributed by atoms with Gasteiger partial charge in [-0.2, -0.15) is 0 Å². The maximum atomic E-state index is 12.9. The average Bonchev–Trinajstić information content (AvgIpc) is 2.39. The number of halogens is 1. The molecule has 0 saturated heterocycles. The summed E-state index contributed by atoms with van der Waals surface area (Å²) in [5.41, 5.74) is 0.716. The van der Waals surface area contributed by atoms with Gasteiger partial charge < -0.3 is 15.2 Å². The van der Waals surface area contributed by atoms with Crippen molar-refractivity contribution in [3.8, 4) is 0 Å². The molecule has 0 fully saturated rings. The molecule has 110 valence electrons. The van der Waals surface area contributed by atoms with Gasteiger partial charge >= 0.3 is 0 Å². The molecular weight excluding hydrogens is 261 g/mol. The van der Waals surface area contributed by atoms with Crippen LogP contribution < -0.4 is 5.32 Å². The summed E-state index contributed by atoms with van der Waals surface area (Å²) in [6.07, 6.45) is 3.48.